The first kappa shape index (κ1) is 18.7. The molecule has 0 aliphatic carbocycles. The van der Waals surface area contributed by atoms with Gasteiger partial charge in [-0.2, -0.15) is 5.10 Å². The Labute approximate surface area is 130 Å². The molecule has 5 N–H and O–H groups in total. The lowest BCUT2D eigenvalue weighted by Gasteiger charge is -2.28. The van der Waals surface area contributed by atoms with Crippen molar-refractivity contribution < 1.29 is 30.3 Å². The van der Waals surface area contributed by atoms with Crippen molar-refractivity contribution in [2.75, 3.05) is 12.9 Å². The molecule has 5 atom stereocenters. The molecule has 1 amide bonds. The number of carbonyl (C=O) groups is 1. The quantitative estimate of drug-likeness (QED) is 0.389. The molecule has 10 heteroatoms. The summed E-state index contributed by atoms with van der Waals surface area (Å²) in [5, 5.41) is 52.0. The number of carbonyl (C=O) groups excluding carboxylic acids is 1. The van der Waals surface area contributed by atoms with E-state index in [0.717, 1.165) is 0 Å². The van der Waals surface area contributed by atoms with Gasteiger partial charge in [0.2, 0.25) is 5.91 Å². The maximum atomic E-state index is 11.5. The molecule has 0 bridgehead atoms. The van der Waals surface area contributed by atoms with Crippen molar-refractivity contribution in [1.29, 1.82) is 0 Å². The molecule has 0 aromatic heterocycles. The molecular formula is C11H20N2O6S2. The molecule has 0 saturated carbocycles. The fourth-order valence-electron chi connectivity index (χ4n) is 1.76. The van der Waals surface area contributed by atoms with Gasteiger partial charge in [0.05, 0.1) is 12.7 Å². The zero-order valence-corrected chi connectivity index (χ0v) is 13.3. The van der Waals surface area contributed by atoms with Gasteiger partial charge >= 0.3 is 0 Å². The van der Waals surface area contributed by atoms with E-state index < -0.39 is 36.4 Å². The van der Waals surface area contributed by atoms with Crippen LogP contribution < -0.4 is 0 Å². The lowest BCUT2D eigenvalue weighted by molar-refractivity contribution is -0.132. The highest BCUT2D eigenvalue weighted by atomic mass is 32.2. The lowest BCUT2D eigenvalue weighted by atomic mass is 10.0. The van der Waals surface area contributed by atoms with Crippen molar-refractivity contribution >= 4 is 33.8 Å². The van der Waals surface area contributed by atoms with Crippen LogP contribution in [-0.4, -0.2) is 83.5 Å². The summed E-state index contributed by atoms with van der Waals surface area (Å²) in [5.41, 5.74) is 0. The summed E-state index contributed by atoms with van der Waals surface area (Å²) in [6, 6.07) is 0. The van der Waals surface area contributed by atoms with Gasteiger partial charge in [-0.25, -0.2) is 5.01 Å². The zero-order chi connectivity index (χ0) is 16.2. The molecule has 0 radical (unpaired) electrons. The highest BCUT2D eigenvalue weighted by Gasteiger charge is 2.36. The minimum atomic E-state index is -1.68. The van der Waals surface area contributed by atoms with E-state index in [2.05, 4.69) is 5.10 Å². The molecule has 0 aromatic rings. The number of aliphatic hydroxyl groups excluding tert-OH is 5. The summed E-state index contributed by atoms with van der Waals surface area (Å²) in [6.07, 6.45) is -4.47. The Morgan fingerprint density at radius 3 is 2.38 bits per heavy atom. The first-order valence-electron chi connectivity index (χ1n) is 6.24. The Bertz CT molecular complexity index is 397. The van der Waals surface area contributed by atoms with E-state index in [1.54, 1.807) is 6.26 Å². The van der Waals surface area contributed by atoms with Crippen LogP contribution in [0.3, 0.4) is 0 Å². The summed E-state index contributed by atoms with van der Waals surface area (Å²) in [4.78, 5) is 11.5. The number of nitrogens with zero attached hydrogens (tertiary/aromatic N) is 2. The van der Waals surface area contributed by atoms with Crippen LogP contribution in [0.1, 0.15) is 13.3 Å². The van der Waals surface area contributed by atoms with E-state index >= 15 is 0 Å². The number of hydrazone groups is 1. The van der Waals surface area contributed by atoms with E-state index in [4.69, 9.17) is 5.11 Å². The first-order chi connectivity index (χ1) is 9.81. The van der Waals surface area contributed by atoms with Gasteiger partial charge in [-0.1, -0.05) is 11.8 Å². The van der Waals surface area contributed by atoms with Crippen molar-refractivity contribution in [3.63, 3.8) is 0 Å². The maximum Gasteiger partial charge on any atom is 0.240 e. The minimum Gasteiger partial charge on any atom is -0.394 e. The third kappa shape index (κ3) is 4.81. The summed E-state index contributed by atoms with van der Waals surface area (Å²) >= 11 is 2.63. The predicted octanol–water partition coefficient (Wildman–Crippen LogP) is -1.63. The van der Waals surface area contributed by atoms with Gasteiger partial charge in [0.15, 0.2) is 4.38 Å². The van der Waals surface area contributed by atoms with Crippen molar-refractivity contribution in [3.05, 3.63) is 0 Å². The normalized spacial score (nSPS) is 24.4. The number of aliphatic hydroxyl groups is 5. The van der Waals surface area contributed by atoms with Crippen molar-refractivity contribution in [2.45, 2.75) is 43.1 Å². The monoisotopic (exact) mass is 340 g/mol. The molecule has 1 unspecified atom stereocenters. The number of amides is 1. The number of thioether (sulfide) groups is 2. The maximum absolute atomic E-state index is 11.5. The van der Waals surface area contributed by atoms with Crippen LogP contribution in [0.2, 0.25) is 0 Å². The van der Waals surface area contributed by atoms with Crippen LogP contribution >= 0.6 is 23.5 Å². The molecule has 0 spiro atoms. The average Bonchev–Trinajstić information content (AvgIpc) is 2.87. The van der Waals surface area contributed by atoms with Crippen LogP contribution in [0.4, 0.5) is 0 Å². The SMILES string of the molecule is CSC1=NN(C(C)=O)C(C[C@H](O)[C@@H](O)[C@@H](O)[C@H](O)CO)S1. The molecule has 1 aliphatic rings. The van der Waals surface area contributed by atoms with Crippen LogP contribution in [-0.2, 0) is 4.79 Å². The van der Waals surface area contributed by atoms with Crippen LogP contribution in [0, 0.1) is 0 Å². The summed E-state index contributed by atoms with van der Waals surface area (Å²) < 4.78 is 0.660. The topological polar surface area (TPSA) is 134 Å². The Morgan fingerprint density at radius 1 is 1.33 bits per heavy atom. The highest BCUT2D eigenvalue weighted by Crippen LogP contribution is 2.34. The molecule has 1 rings (SSSR count). The second-order valence-corrected chi connectivity index (χ2v) is 6.76. The predicted molar refractivity (Wildman–Crippen MR) is 80.6 cm³/mol. The molecule has 21 heavy (non-hydrogen) atoms. The second kappa shape index (κ2) is 8.32. The molecular weight excluding hydrogens is 320 g/mol. The lowest BCUT2D eigenvalue weighted by Crippen LogP contribution is -2.47. The van der Waals surface area contributed by atoms with Crippen LogP contribution in [0.5, 0.6) is 0 Å². The third-order valence-corrected chi connectivity index (χ3v) is 5.13. The average molecular weight is 340 g/mol. The van der Waals surface area contributed by atoms with E-state index in [0.29, 0.717) is 4.38 Å². The third-order valence-electron chi connectivity index (χ3n) is 2.96. The fraction of sp³-hybridized carbons (Fsp3) is 0.818. The van der Waals surface area contributed by atoms with E-state index in [1.165, 1.54) is 35.5 Å². The van der Waals surface area contributed by atoms with Gasteiger partial charge in [0.25, 0.3) is 0 Å². The summed E-state index contributed by atoms with van der Waals surface area (Å²) in [5.74, 6) is -0.297. The molecule has 122 valence electrons. The van der Waals surface area contributed by atoms with E-state index in [9.17, 15) is 25.2 Å². The Balaban J connectivity index is 2.65. The standard InChI is InChI=1S/C11H20N2O6S2/c1-5(15)13-8(21-11(12-13)20-2)3-6(16)9(18)10(19)7(17)4-14/h6-10,14,16-19H,3-4H2,1-2H3/t6-,7+,8?,9+,10-/m0/s1. The molecule has 1 heterocycles. The molecule has 0 saturated heterocycles. The zero-order valence-electron chi connectivity index (χ0n) is 11.7. The summed E-state index contributed by atoms with van der Waals surface area (Å²) in [7, 11) is 0. The van der Waals surface area contributed by atoms with Gasteiger partial charge in [-0.3, -0.25) is 4.79 Å². The Hall–Kier alpha value is -0.360. The Morgan fingerprint density at radius 2 is 1.90 bits per heavy atom. The van der Waals surface area contributed by atoms with Gasteiger partial charge < -0.3 is 25.5 Å². The number of rotatable bonds is 6. The van der Waals surface area contributed by atoms with Crippen LogP contribution in [0.25, 0.3) is 0 Å². The molecule has 8 nitrogen and oxygen atoms in total. The van der Waals surface area contributed by atoms with Gasteiger partial charge in [-0.05, 0) is 6.26 Å². The molecule has 0 aromatic carbocycles. The van der Waals surface area contributed by atoms with Crippen LogP contribution in [0.15, 0.2) is 5.10 Å². The molecule has 1 aliphatic heterocycles. The first-order valence-corrected chi connectivity index (χ1v) is 8.34. The van der Waals surface area contributed by atoms with Crippen molar-refractivity contribution in [2.24, 2.45) is 5.10 Å². The Kier molecular flexibility index (Phi) is 7.40. The highest BCUT2D eigenvalue weighted by molar-refractivity contribution is 8.39. The van der Waals surface area contributed by atoms with E-state index in [1.807, 2.05) is 0 Å². The van der Waals surface area contributed by atoms with Gasteiger partial charge in [-0.15, -0.1) is 11.8 Å². The smallest absolute Gasteiger partial charge is 0.240 e. The minimum absolute atomic E-state index is 0.0335. The fourth-order valence-corrected chi connectivity index (χ4v) is 3.61. The second-order valence-electron chi connectivity index (χ2n) is 4.54. The number of hydrogen-bond acceptors (Lipinski definition) is 9. The number of hydrogen-bond donors (Lipinski definition) is 5. The molecule has 0 fully saturated rings. The van der Waals surface area contributed by atoms with E-state index in [-0.39, 0.29) is 12.3 Å². The van der Waals surface area contributed by atoms with Crippen molar-refractivity contribution in [1.82, 2.24) is 5.01 Å². The van der Waals surface area contributed by atoms with Crippen molar-refractivity contribution in [3.8, 4) is 0 Å². The largest absolute Gasteiger partial charge is 0.394 e. The van der Waals surface area contributed by atoms with Gasteiger partial charge in [0, 0.05) is 13.3 Å². The summed E-state index contributed by atoms with van der Waals surface area (Å²) in [6.45, 7) is 0.607. The van der Waals surface area contributed by atoms with Gasteiger partial charge in [0.1, 0.15) is 23.7 Å².